The number of carbonyl (C=O) groups excluding carboxylic acids is 1. The van der Waals surface area contributed by atoms with E-state index < -0.39 is 5.97 Å². The van der Waals surface area contributed by atoms with Gasteiger partial charge in [-0.15, -0.1) is 0 Å². The van der Waals surface area contributed by atoms with Gasteiger partial charge in [-0.25, -0.2) is 4.79 Å². The molecule has 0 aliphatic rings. The smallest absolute Gasteiger partial charge is 0.341 e. The number of nitrogens with one attached hydrogen (secondary N) is 1. The summed E-state index contributed by atoms with van der Waals surface area (Å²) in [5, 5.41) is 13.7. The minimum atomic E-state index is -0.430. The molecule has 0 saturated carbocycles. The van der Waals surface area contributed by atoms with Gasteiger partial charge >= 0.3 is 5.97 Å². The van der Waals surface area contributed by atoms with Gasteiger partial charge in [0.1, 0.15) is 5.56 Å². The number of carbonyl (C=O) groups is 1. The maximum absolute atomic E-state index is 12.6. The minimum Gasteiger partial charge on any atom is -0.462 e. The fourth-order valence-corrected chi connectivity index (χ4v) is 3.27. The molecule has 1 N–H and O–H groups in total. The highest BCUT2D eigenvalue weighted by Crippen LogP contribution is 2.33. The predicted molar refractivity (Wildman–Crippen MR) is 110 cm³/mol. The number of anilines is 1. The Labute approximate surface area is 165 Å². The monoisotopic (exact) mass is 373 g/mol. The maximum atomic E-state index is 12.6. The van der Waals surface area contributed by atoms with Gasteiger partial charge in [-0.1, -0.05) is 37.3 Å². The lowest BCUT2D eigenvalue weighted by Crippen LogP contribution is -2.14. The Hall–Kier alpha value is -3.39. The van der Waals surface area contributed by atoms with Gasteiger partial charge in [0.15, 0.2) is 0 Å². The Morgan fingerprint density at radius 2 is 2.00 bits per heavy atom. The molecule has 0 fully saturated rings. The van der Waals surface area contributed by atoms with Crippen LogP contribution < -0.4 is 5.32 Å². The van der Waals surface area contributed by atoms with Crippen molar-refractivity contribution in [2.24, 2.45) is 0 Å². The van der Waals surface area contributed by atoms with Gasteiger partial charge in [-0.2, -0.15) is 5.26 Å². The van der Waals surface area contributed by atoms with Crippen LogP contribution in [0.3, 0.4) is 0 Å². The summed E-state index contributed by atoms with van der Waals surface area (Å²) >= 11 is 0. The number of esters is 1. The fourth-order valence-electron chi connectivity index (χ4n) is 3.27. The zero-order valence-electron chi connectivity index (χ0n) is 16.3. The Kier molecular flexibility index (Phi) is 5.90. The Morgan fingerprint density at radius 3 is 2.64 bits per heavy atom. The lowest BCUT2D eigenvalue weighted by atomic mass is 9.99. The average molecular weight is 373 g/mol. The number of rotatable bonds is 6. The summed E-state index contributed by atoms with van der Waals surface area (Å²) in [6, 6.07) is 15.8. The predicted octanol–water partition coefficient (Wildman–Crippen LogP) is 5.02. The lowest BCUT2D eigenvalue weighted by molar-refractivity contribution is 0.0527. The molecule has 28 heavy (non-hydrogen) atoms. The van der Waals surface area contributed by atoms with Gasteiger partial charge in [0.2, 0.25) is 0 Å². The number of fused-ring (bicyclic) bond motifs is 1. The van der Waals surface area contributed by atoms with E-state index in [1.165, 1.54) is 0 Å². The second-order valence-corrected chi connectivity index (χ2v) is 6.54. The van der Waals surface area contributed by atoms with E-state index in [2.05, 4.69) is 16.4 Å². The molecule has 0 saturated heterocycles. The molecule has 0 amide bonds. The standard InChI is InChI=1S/C23H23N3O2/c1-4-17-11-16(13-24)12-19-21(17)25-14-20(23(27)28-5-2)22(19)26-15(3)18-9-7-6-8-10-18/h6-12,14-15H,4-5H2,1-3H3,(H,25,26). The highest BCUT2D eigenvalue weighted by atomic mass is 16.5. The molecule has 1 heterocycles. The van der Waals surface area contributed by atoms with Crippen molar-refractivity contribution in [3.8, 4) is 6.07 Å². The molecule has 0 aliphatic heterocycles. The van der Waals surface area contributed by atoms with E-state index in [1.807, 2.05) is 50.2 Å². The maximum Gasteiger partial charge on any atom is 0.341 e. The number of nitriles is 1. The molecule has 142 valence electrons. The molecular formula is C23H23N3O2. The van der Waals surface area contributed by atoms with Gasteiger partial charge < -0.3 is 10.1 Å². The number of aryl methyl sites for hydroxylation is 1. The number of hydrogen-bond donors (Lipinski definition) is 1. The topological polar surface area (TPSA) is 75.0 Å². The molecule has 0 radical (unpaired) electrons. The summed E-state index contributed by atoms with van der Waals surface area (Å²) < 4.78 is 5.23. The van der Waals surface area contributed by atoms with Crippen LogP contribution in [0, 0.1) is 11.3 Å². The summed E-state index contributed by atoms with van der Waals surface area (Å²) in [5.41, 5.74) is 4.41. The molecule has 3 rings (SSSR count). The first-order valence-corrected chi connectivity index (χ1v) is 9.43. The molecule has 0 aliphatic carbocycles. The zero-order chi connectivity index (χ0) is 20.1. The van der Waals surface area contributed by atoms with Crippen LogP contribution in [0.5, 0.6) is 0 Å². The molecule has 2 aromatic carbocycles. The summed E-state index contributed by atoms with van der Waals surface area (Å²) in [6.45, 7) is 6.11. The van der Waals surface area contributed by atoms with Crippen molar-refractivity contribution in [1.82, 2.24) is 4.98 Å². The molecule has 1 atom stereocenters. The van der Waals surface area contributed by atoms with Gasteiger partial charge in [-0.05, 0) is 43.5 Å². The Balaban J connectivity index is 2.21. The number of ether oxygens (including phenoxy) is 1. The third-order valence-corrected chi connectivity index (χ3v) is 4.72. The zero-order valence-corrected chi connectivity index (χ0v) is 16.3. The van der Waals surface area contributed by atoms with E-state index in [4.69, 9.17) is 4.74 Å². The first kappa shape index (κ1) is 19.4. The second kappa shape index (κ2) is 8.53. The summed E-state index contributed by atoms with van der Waals surface area (Å²) in [5.74, 6) is -0.430. The number of hydrogen-bond acceptors (Lipinski definition) is 5. The van der Waals surface area contributed by atoms with Crippen molar-refractivity contribution >= 4 is 22.6 Å². The van der Waals surface area contributed by atoms with E-state index >= 15 is 0 Å². The Morgan fingerprint density at radius 1 is 1.25 bits per heavy atom. The first-order chi connectivity index (χ1) is 13.6. The summed E-state index contributed by atoms with van der Waals surface area (Å²) in [6.07, 6.45) is 2.30. The molecule has 0 spiro atoms. The number of pyridine rings is 1. The van der Waals surface area contributed by atoms with Crippen LogP contribution in [0.2, 0.25) is 0 Å². The van der Waals surface area contributed by atoms with Crippen LogP contribution >= 0.6 is 0 Å². The summed E-state index contributed by atoms with van der Waals surface area (Å²) in [4.78, 5) is 17.1. The van der Waals surface area contributed by atoms with Crippen molar-refractivity contribution in [2.45, 2.75) is 33.2 Å². The minimum absolute atomic E-state index is 0.0456. The normalized spacial score (nSPS) is 11.6. The van der Waals surface area contributed by atoms with Crippen LogP contribution in [0.25, 0.3) is 10.9 Å². The Bertz CT molecular complexity index is 1040. The van der Waals surface area contributed by atoms with E-state index in [0.29, 0.717) is 16.8 Å². The highest BCUT2D eigenvalue weighted by molar-refractivity contribution is 6.06. The SMILES string of the molecule is CCOC(=O)c1cnc2c(CC)cc(C#N)cc2c1NC(C)c1ccccc1. The lowest BCUT2D eigenvalue weighted by Gasteiger charge is -2.20. The van der Waals surface area contributed by atoms with Crippen LogP contribution in [0.15, 0.2) is 48.7 Å². The van der Waals surface area contributed by atoms with Gasteiger partial charge in [-0.3, -0.25) is 4.98 Å². The van der Waals surface area contributed by atoms with Gasteiger partial charge in [0, 0.05) is 17.6 Å². The largest absolute Gasteiger partial charge is 0.462 e. The van der Waals surface area contributed by atoms with Crippen molar-refractivity contribution in [2.75, 3.05) is 11.9 Å². The van der Waals surface area contributed by atoms with Crippen molar-refractivity contribution in [3.05, 3.63) is 70.9 Å². The molecule has 1 aromatic heterocycles. The van der Waals surface area contributed by atoms with Crippen LogP contribution in [0.1, 0.15) is 53.9 Å². The molecular weight excluding hydrogens is 350 g/mol. The van der Waals surface area contributed by atoms with E-state index in [1.54, 1.807) is 19.2 Å². The van der Waals surface area contributed by atoms with Crippen LogP contribution in [-0.2, 0) is 11.2 Å². The van der Waals surface area contributed by atoms with Crippen molar-refractivity contribution < 1.29 is 9.53 Å². The fraction of sp³-hybridized carbons (Fsp3) is 0.261. The number of benzene rings is 2. The molecule has 5 nitrogen and oxygen atoms in total. The first-order valence-electron chi connectivity index (χ1n) is 9.43. The van der Waals surface area contributed by atoms with Crippen molar-refractivity contribution in [1.29, 1.82) is 5.26 Å². The molecule has 1 unspecified atom stereocenters. The quantitative estimate of drug-likeness (QED) is 0.614. The van der Waals surface area contributed by atoms with E-state index in [9.17, 15) is 10.1 Å². The molecule has 5 heteroatoms. The van der Waals surface area contributed by atoms with E-state index in [0.717, 1.165) is 28.5 Å². The highest BCUT2D eigenvalue weighted by Gasteiger charge is 2.20. The van der Waals surface area contributed by atoms with Crippen LogP contribution in [0.4, 0.5) is 5.69 Å². The van der Waals surface area contributed by atoms with Crippen LogP contribution in [-0.4, -0.2) is 17.6 Å². The number of aromatic nitrogens is 1. The van der Waals surface area contributed by atoms with Gasteiger partial charge in [0.25, 0.3) is 0 Å². The van der Waals surface area contributed by atoms with E-state index in [-0.39, 0.29) is 12.6 Å². The number of nitrogens with zero attached hydrogens (tertiary/aromatic N) is 2. The second-order valence-electron chi connectivity index (χ2n) is 6.54. The third-order valence-electron chi connectivity index (χ3n) is 4.72. The summed E-state index contributed by atoms with van der Waals surface area (Å²) in [7, 11) is 0. The third kappa shape index (κ3) is 3.81. The van der Waals surface area contributed by atoms with Gasteiger partial charge in [0.05, 0.1) is 29.4 Å². The molecule has 0 bridgehead atoms. The average Bonchev–Trinajstić information content (AvgIpc) is 2.73. The molecule has 3 aromatic rings. The van der Waals surface area contributed by atoms with Crippen molar-refractivity contribution in [3.63, 3.8) is 0 Å².